The third kappa shape index (κ3) is 1.93. The van der Waals surface area contributed by atoms with Gasteiger partial charge in [-0.3, -0.25) is 4.68 Å². The lowest BCUT2D eigenvalue weighted by molar-refractivity contribution is 0.414. The third-order valence-electron chi connectivity index (χ3n) is 2.01. The number of hydrogen-bond donors (Lipinski definition) is 0. The number of rotatable bonds is 3. The molecule has 3 heteroatoms. The lowest BCUT2D eigenvalue weighted by Crippen LogP contribution is -1.99. The van der Waals surface area contributed by atoms with Crippen molar-refractivity contribution in [2.45, 2.75) is 6.54 Å². The highest BCUT2D eigenvalue weighted by Gasteiger charge is 1.95. The van der Waals surface area contributed by atoms with Gasteiger partial charge in [-0.15, -0.1) is 0 Å². The molecule has 2 aromatic rings. The highest BCUT2D eigenvalue weighted by Crippen LogP contribution is 2.11. The van der Waals surface area contributed by atoms with Crippen molar-refractivity contribution in [2.75, 3.05) is 7.11 Å². The van der Waals surface area contributed by atoms with Crippen LogP contribution in [0.5, 0.6) is 5.75 Å². The van der Waals surface area contributed by atoms with Crippen LogP contribution in [-0.2, 0) is 6.54 Å². The maximum atomic E-state index is 5.08. The molecular formula is C11H11N2O. The van der Waals surface area contributed by atoms with Gasteiger partial charge in [0, 0.05) is 6.20 Å². The standard InChI is InChI=1S/C11H11N2O/c1-14-11-5-3-10(4-6-11)9-13-8-2-7-12-13/h2-6,8H,9H2,1H3. The topological polar surface area (TPSA) is 27.1 Å². The zero-order valence-corrected chi connectivity index (χ0v) is 7.97. The molecule has 0 saturated carbocycles. The second-order valence-electron chi connectivity index (χ2n) is 2.99. The molecule has 0 spiro atoms. The van der Waals surface area contributed by atoms with Gasteiger partial charge in [-0.05, 0) is 23.8 Å². The molecule has 0 bridgehead atoms. The summed E-state index contributed by atoms with van der Waals surface area (Å²) in [5, 5.41) is 4.01. The van der Waals surface area contributed by atoms with Gasteiger partial charge in [-0.1, -0.05) is 12.1 Å². The summed E-state index contributed by atoms with van der Waals surface area (Å²) in [6, 6.07) is 9.75. The summed E-state index contributed by atoms with van der Waals surface area (Å²) in [6.07, 6.45) is 4.65. The first-order chi connectivity index (χ1) is 6.88. The van der Waals surface area contributed by atoms with Crippen molar-refractivity contribution in [3.05, 3.63) is 48.3 Å². The fourth-order valence-corrected chi connectivity index (χ4v) is 1.27. The average molecular weight is 187 g/mol. The van der Waals surface area contributed by atoms with Crippen molar-refractivity contribution < 1.29 is 4.74 Å². The fraction of sp³-hybridized carbons (Fsp3) is 0.182. The molecule has 1 aromatic heterocycles. The van der Waals surface area contributed by atoms with Gasteiger partial charge in [0.2, 0.25) is 0 Å². The van der Waals surface area contributed by atoms with Gasteiger partial charge in [0.15, 0.2) is 0 Å². The van der Waals surface area contributed by atoms with Crippen LogP contribution in [0, 0.1) is 6.20 Å². The molecule has 0 unspecified atom stereocenters. The van der Waals surface area contributed by atoms with Gasteiger partial charge in [0.05, 0.1) is 13.7 Å². The maximum Gasteiger partial charge on any atom is 0.118 e. The van der Waals surface area contributed by atoms with Gasteiger partial charge >= 0.3 is 0 Å². The predicted molar refractivity (Wildman–Crippen MR) is 53.2 cm³/mol. The summed E-state index contributed by atoms with van der Waals surface area (Å²) in [4.78, 5) is 0. The second-order valence-corrected chi connectivity index (χ2v) is 2.99. The molecule has 0 saturated heterocycles. The lowest BCUT2D eigenvalue weighted by Gasteiger charge is -2.03. The Hall–Kier alpha value is -1.77. The Morgan fingerprint density at radius 1 is 1.36 bits per heavy atom. The molecular weight excluding hydrogens is 176 g/mol. The predicted octanol–water partition coefficient (Wildman–Crippen LogP) is 1.74. The van der Waals surface area contributed by atoms with Crippen LogP contribution in [0.25, 0.3) is 0 Å². The first kappa shape index (κ1) is 8.81. The monoisotopic (exact) mass is 187 g/mol. The summed E-state index contributed by atoms with van der Waals surface area (Å²) in [5.41, 5.74) is 1.20. The summed E-state index contributed by atoms with van der Waals surface area (Å²) < 4.78 is 6.91. The molecule has 0 fully saturated rings. The zero-order chi connectivity index (χ0) is 9.80. The normalized spacial score (nSPS) is 10.1. The first-order valence-corrected chi connectivity index (χ1v) is 4.41. The van der Waals surface area contributed by atoms with E-state index in [1.807, 2.05) is 35.1 Å². The third-order valence-corrected chi connectivity index (χ3v) is 2.01. The van der Waals surface area contributed by atoms with E-state index in [0.29, 0.717) is 0 Å². The summed E-state index contributed by atoms with van der Waals surface area (Å²) in [7, 11) is 1.66. The van der Waals surface area contributed by atoms with Crippen LogP contribution >= 0.6 is 0 Å². The van der Waals surface area contributed by atoms with E-state index < -0.39 is 0 Å². The number of nitrogens with zero attached hydrogens (tertiary/aromatic N) is 2. The highest BCUT2D eigenvalue weighted by molar-refractivity contribution is 5.27. The zero-order valence-electron chi connectivity index (χ0n) is 7.97. The Labute approximate surface area is 82.9 Å². The van der Waals surface area contributed by atoms with E-state index in [9.17, 15) is 0 Å². The molecule has 14 heavy (non-hydrogen) atoms. The summed E-state index contributed by atoms with van der Waals surface area (Å²) >= 11 is 0. The molecule has 0 aliphatic carbocycles. The van der Waals surface area contributed by atoms with Crippen molar-refractivity contribution in [3.8, 4) is 5.75 Å². The van der Waals surface area contributed by atoms with Crippen LogP contribution in [0.4, 0.5) is 0 Å². The van der Waals surface area contributed by atoms with Crippen molar-refractivity contribution in [1.29, 1.82) is 0 Å². The molecule has 0 aliphatic rings. The Kier molecular flexibility index (Phi) is 2.49. The van der Waals surface area contributed by atoms with E-state index in [1.165, 1.54) is 5.56 Å². The van der Waals surface area contributed by atoms with Gasteiger partial charge in [-0.25, -0.2) is 0 Å². The largest absolute Gasteiger partial charge is 0.497 e. The van der Waals surface area contributed by atoms with Crippen LogP contribution < -0.4 is 4.74 Å². The van der Waals surface area contributed by atoms with Crippen molar-refractivity contribution in [2.24, 2.45) is 0 Å². The highest BCUT2D eigenvalue weighted by atomic mass is 16.5. The molecule has 1 radical (unpaired) electrons. The molecule has 2 rings (SSSR count). The van der Waals surface area contributed by atoms with Crippen LogP contribution in [0.1, 0.15) is 5.56 Å². The van der Waals surface area contributed by atoms with E-state index in [4.69, 9.17) is 4.74 Å². The Morgan fingerprint density at radius 3 is 2.71 bits per heavy atom. The molecule has 0 N–H and O–H groups in total. The van der Waals surface area contributed by atoms with Crippen LogP contribution in [-0.4, -0.2) is 16.9 Å². The minimum absolute atomic E-state index is 0.771. The van der Waals surface area contributed by atoms with Crippen molar-refractivity contribution in [1.82, 2.24) is 9.78 Å². The summed E-state index contributed by atoms with van der Waals surface area (Å²) in [6.45, 7) is 0.771. The van der Waals surface area contributed by atoms with Crippen molar-refractivity contribution in [3.63, 3.8) is 0 Å². The number of ether oxygens (including phenoxy) is 1. The quantitative estimate of drug-likeness (QED) is 0.731. The van der Waals surface area contributed by atoms with Crippen LogP contribution in [0.2, 0.25) is 0 Å². The van der Waals surface area contributed by atoms with E-state index >= 15 is 0 Å². The molecule has 71 valence electrons. The fourth-order valence-electron chi connectivity index (χ4n) is 1.27. The Bertz CT molecular complexity index is 378. The smallest absolute Gasteiger partial charge is 0.118 e. The minimum Gasteiger partial charge on any atom is -0.497 e. The maximum absolute atomic E-state index is 5.08. The molecule has 1 heterocycles. The van der Waals surface area contributed by atoms with E-state index in [-0.39, 0.29) is 0 Å². The average Bonchev–Trinajstić information content (AvgIpc) is 2.72. The van der Waals surface area contributed by atoms with Crippen LogP contribution in [0.3, 0.4) is 0 Å². The minimum atomic E-state index is 0.771. The second kappa shape index (κ2) is 3.96. The molecule has 0 aliphatic heterocycles. The Balaban J connectivity index is 2.10. The molecule has 1 aromatic carbocycles. The first-order valence-electron chi connectivity index (χ1n) is 4.41. The number of aromatic nitrogens is 2. The summed E-state index contributed by atoms with van der Waals surface area (Å²) in [5.74, 6) is 0.876. The van der Waals surface area contributed by atoms with E-state index in [1.54, 1.807) is 13.2 Å². The van der Waals surface area contributed by atoms with E-state index in [2.05, 4.69) is 11.3 Å². The molecule has 3 nitrogen and oxygen atoms in total. The lowest BCUT2D eigenvalue weighted by atomic mass is 10.2. The van der Waals surface area contributed by atoms with Gasteiger partial charge in [0.25, 0.3) is 0 Å². The number of hydrogen-bond acceptors (Lipinski definition) is 2. The Morgan fingerprint density at radius 2 is 2.14 bits per heavy atom. The van der Waals surface area contributed by atoms with Gasteiger partial charge in [-0.2, -0.15) is 5.10 Å². The molecule has 0 amide bonds. The number of benzene rings is 1. The van der Waals surface area contributed by atoms with Crippen LogP contribution in [0.15, 0.2) is 36.5 Å². The van der Waals surface area contributed by atoms with E-state index in [0.717, 1.165) is 12.3 Å². The van der Waals surface area contributed by atoms with Gasteiger partial charge < -0.3 is 4.74 Å². The number of methoxy groups -OCH3 is 1. The van der Waals surface area contributed by atoms with Crippen molar-refractivity contribution >= 4 is 0 Å². The molecule has 0 atom stereocenters. The van der Waals surface area contributed by atoms with Gasteiger partial charge in [0.1, 0.15) is 11.9 Å². The SMILES string of the molecule is COc1ccc(Cn2cc[c]n2)cc1.